The minimum atomic E-state index is -1.96. The van der Waals surface area contributed by atoms with Crippen LogP contribution < -0.4 is 0 Å². The monoisotopic (exact) mass is 565 g/mol. The van der Waals surface area contributed by atoms with Crippen molar-refractivity contribution in [1.82, 2.24) is 15.0 Å². The molecule has 2 aromatic rings. The van der Waals surface area contributed by atoms with E-state index in [1.165, 1.54) is 11.8 Å². The molecule has 1 N–H and O–H groups in total. The maximum absolute atomic E-state index is 11.8. The van der Waals surface area contributed by atoms with Gasteiger partial charge in [-0.1, -0.05) is 81.7 Å². The van der Waals surface area contributed by atoms with Crippen molar-refractivity contribution >= 4 is 87.3 Å². The highest BCUT2D eigenvalue weighted by atomic mass is 35.6. The lowest BCUT2D eigenvalue weighted by Crippen LogP contribution is -2.32. The van der Waals surface area contributed by atoms with Gasteiger partial charge >= 0.3 is 5.97 Å². The molecular formula is C18H17Cl6N3O3S. The number of aromatic nitrogens is 3. The van der Waals surface area contributed by atoms with Gasteiger partial charge in [-0.2, -0.15) is 0 Å². The molecule has 1 aromatic heterocycles. The summed E-state index contributed by atoms with van der Waals surface area (Å²) in [7, 11) is 0. The summed E-state index contributed by atoms with van der Waals surface area (Å²) in [5.74, 6) is -1.20. The first-order chi connectivity index (χ1) is 14.3. The lowest BCUT2D eigenvalue weighted by Gasteiger charge is -2.24. The lowest BCUT2D eigenvalue weighted by atomic mass is 10.1. The highest BCUT2D eigenvalue weighted by Gasteiger charge is 2.35. The van der Waals surface area contributed by atoms with Crippen LogP contribution in [0.1, 0.15) is 31.9 Å². The molecule has 0 amide bonds. The topological polar surface area (TPSA) is 85.2 Å². The molecule has 6 nitrogen and oxygen atoms in total. The third-order valence-corrected chi connectivity index (χ3v) is 6.33. The van der Waals surface area contributed by atoms with Crippen LogP contribution >= 0.6 is 81.4 Å². The SMILES string of the molecule is CCOCCC(C)(Sc1ccc(-c2nc(C(Cl)(Cl)Cl)nc(C(Cl)(Cl)Cl)n2)cc1)C(=O)O. The average molecular weight is 568 g/mol. The van der Waals surface area contributed by atoms with Gasteiger partial charge in [0.05, 0.1) is 0 Å². The van der Waals surface area contributed by atoms with E-state index in [9.17, 15) is 9.90 Å². The first kappa shape index (κ1) is 27.0. The second-order valence-corrected chi connectivity index (χ2v) is 12.6. The molecule has 0 saturated carbocycles. The fourth-order valence-corrected chi connectivity index (χ4v) is 3.88. The Kier molecular flexibility index (Phi) is 9.39. The number of rotatable bonds is 8. The van der Waals surface area contributed by atoms with Crippen molar-refractivity contribution in [3.63, 3.8) is 0 Å². The normalized spacial score (nSPS) is 14.3. The lowest BCUT2D eigenvalue weighted by molar-refractivity contribution is -0.139. The van der Waals surface area contributed by atoms with Gasteiger partial charge in [-0.05, 0) is 32.4 Å². The van der Waals surface area contributed by atoms with E-state index in [2.05, 4.69) is 15.0 Å². The maximum Gasteiger partial charge on any atom is 0.319 e. The number of hydrogen-bond donors (Lipinski definition) is 1. The van der Waals surface area contributed by atoms with Crippen LogP contribution in [0.3, 0.4) is 0 Å². The molecule has 0 aliphatic carbocycles. The molecule has 0 spiro atoms. The van der Waals surface area contributed by atoms with Crippen LogP contribution in [0.4, 0.5) is 0 Å². The van der Waals surface area contributed by atoms with Crippen molar-refractivity contribution in [2.24, 2.45) is 0 Å². The number of aliphatic carboxylic acids is 1. The first-order valence-electron chi connectivity index (χ1n) is 8.77. The Morgan fingerprint density at radius 3 is 1.94 bits per heavy atom. The van der Waals surface area contributed by atoms with Gasteiger partial charge < -0.3 is 9.84 Å². The van der Waals surface area contributed by atoms with Crippen molar-refractivity contribution < 1.29 is 14.6 Å². The molecule has 13 heteroatoms. The zero-order valence-corrected chi connectivity index (χ0v) is 21.6. The Bertz CT molecular complexity index is 889. The highest BCUT2D eigenvalue weighted by molar-refractivity contribution is 8.01. The van der Waals surface area contributed by atoms with Crippen LogP contribution in [0, 0.1) is 0 Å². The molecule has 0 bridgehead atoms. The smallest absolute Gasteiger partial charge is 0.319 e. The van der Waals surface area contributed by atoms with E-state index in [0.717, 1.165) is 4.90 Å². The summed E-state index contributed by atoms with van der Waals surface area (Å²) < 4.78 is 0.334. The van der Waals surface area contributed by atoms with Crippen LogP contribution in [0.2, 0.25) is 0 Å². The number of alkyl halides is 6. The van der Waals surface area contributed by atoms with Crippen LogP contribution in [0.25, 0.3) is 11.4 Å². The fraction of sp³-hybridized carbons (Fsp3) is 0.444. The molecule has 1 atom stereocenters. The molecule has 1 heterocycles. The Labute approximate surface area is 213 Å². The van der Waals surface area contributed by atoms with E-state index in [0.29, 0.717) is 25.2 Å². The molecule has 31 heavy (non-hydrogen) atoms. The Morgan fingerprint density at radius 2 is 1.52 bits per heavy atom. The quantitative estimate of drug-likeness (QED) is 0.220. The fourth-order valence-electron chi connectivity index (χ4n) is 2.30. The second kappa shape index (κ2) is 10.8. The number of ether oxygens (including phenoxy) is 1. The minimum absolute atomic E-state index is 0.131. The van der Waals surface area contributed by atoms with E-state index < -0.39 is 18.3 Å². The number of carboxylic acid groups (broad SMARTS) is 1. The van der Waals surface area contributed by atoms with Crippen LogP contribution in [0.5, 0.6) is 0 Å². The van der Waals surface area contributed by atoms with Gasteiger partial charge in [0, 0.05) is 23.7 Å². The summed E-state index contributed by atoms with van der Waals surface area (Å²) in [5.41, 5.74) is 0.532. The third-order valence-electron chi connectivity index (χ3n) is 3.98. The van der Waals surface area contributed by atoms with Gasteiger partial charge in [0.2, 0.25) is 7.59 Å². The number of carbonyl (C=O) groups is 1. The van der Waals surface area contributed by atoms with E-state index in [4.69, 9.17) is 74.3 Å². The Hall–Kier alpha value is -0.250. The number of nitrogens with zero attached hydrogens (tertiary/aromatic N) is 3. The summed E-state index contributed by atoms with van der Waals surface area (Å²) in [6.07, 6.45) is 0.343. The maximum atomic E-state index is 11.8. The van der Waals surface area contributed by atoms with Gasteiger partial charge in [-0.3, -0.25) is 4.79 Å². The van der Waals surface area contributed by atoms with Crippen molar-refractivity contribution in [2.75, 3.05) is 13.2 Å². The van der Waals surface area contributed by atoms with E-state index >= 15 is 0 Å². The summed E-state index contributed by atoms with van der Waals surface area (Å²) in [5, 5.41) is 9.66. The zero-order valence-electron chi connectivity index (χ0n) is 16.2. The molecule has 0 radical (unpaired) electrons. The van der Waals surface area contributed by atoms with E-state index in [-0.39, 0.29) is 17.5 Å². The van der Waals surface area contributed by atoms with Crippen molar-refractivity contribution in [3.8, 4) is 11.4 Å². The molecular weight excluding hydrogens is 551 g/mol. The van der Waals surface area contributed by atoms with Crippen molar-refractivity contribution in [3.05, 3.63) is 35.9 Å². The molecule has 170 valence electrons. The Balaban J connectivity index is 2.35. The molecule has 2 rings (SSSR count). The molecule has 0 aliphatic rings. The van der Waals surface area contributed by atoms with Crippen molar-refractivity contribution in [1.29, 1.82) is 0 Å². The largest absolute Gasteiger partial charge is 0.480 e. The summed E-state index contributed by atoms with van der Waals surface area (Å²) in [6, 6.07) is 6.84. The number of thioether (sulfide) groups is 1. The highest BCUT2D eigenvalue weighted by Crippen LogP contribution is 2.41. The predicted octanol–water partition coefficient (Wildman–Crippen LogP) is 6.55. The van der Waals surface area contributed by atoms with Gasteiger partial charge in [-0.25, -0.2) is 15.0 Å². The van der Waals surface area contributed by atoms with Crippen LogP contribution in [-0.4, -0.2) is 44.0 Å². The number of halogens is 6. The molecule has 0 aliphatic heterocycles. The van der Waals surface area contributed by atoms with Gasteiger partial charge in [0.25, 0.3) is 0 Å². The molecule has 0 fully saturated rings. The third kappa shape index (κ3) is 7.64. The van der Waals surface area contributed by atoms with Crippen LogP contribution in [-0.2, 0) is 17.1 Å². The van der Waals surface area contributed by atoms with Gasteiger partial charge in [0.15, 0.2) is 17.5 Å². The van der Waals surface area contributed by atoms with Gasteiger partial charge in [-0.15, -0.1) is 11.8 Å². The van der Waals surface area contributed by atoms with Crippen LogP contribution in [0.15, 0.2) is 29.2 Å². The van der Waals surface area contributed by atoms with Crippen molar-refractivity contribution in [2.45, 2.75) is 37.5 Å². The van der Waals surface area contributed by atoms with E-state index in [1.807, 2.05) is 6.92 Å². The number of hydrogen-bond acceptors (Lipinski definition) is 6. The predicted molar refractivity (Wildman–Crippen MR) is 127 cm³/mol. The standard InChI is InChI=1S/C18H17Cl6N3O3S/c1-3-30-9-8-16(2,15(28)29)31-11-6-4-10(5-7-11)12-25-13(17(19,20)21)27-14(26-12)18(22,23)24/h4-7H,3,8-9H2,1-2H3,(H,28,29). The molecule has 0 saturated heterocycles. The van der Waals surface area contributed by atoms with Gasteiger partial charge in [0.1, 0.15) is 4.75 Å². The molecule has 1 unspecified atom stereocenters. The minimum Gasteiger partial charge on any atom is -0.480 e. The summed E-state index contributed by atoms with van der Waals surface area (Å²) >= 11 is 36.6. The summed E-state index contributed by atoms with van der Waals surface area (Å²) in [4.78, 5) is 24.8. The second-order valence-electron chi connectivity index (χ2n) is 6.41. The average Bonchev–Trinajstić information content (AvgIpc) is 2.67. The number of benzene rings is 1. The van der Waals surface area contributed by atoms with E-state index in [1.54, 1.807) is 31.2 Å². The number of carboxylic acids is 1. The zero-order chi connectivity index (χ0) is 23.4. The Morgan fingerprint density at radius 1 is 1.00 bits per heavy atom. The first-order valence-corrected chi connectivity index (χ1v) is 11.9. The summed E-state index contributed by atoms with van der Waals surface area (Å²) in [6.45, 7) is 4.37. The molecule has 1 aromatic carbocycles.